The van der Waals surface area contributed by atoms with E-state index in [2.05, 4.69) is 28.0 Å². The second kappa shape index (κ2) is 6.82. The third kappa shape index (κ3) is 4.16. The lowest BCUT2D eigenvalue weighted by atomic mass is 9.95. The van der Waals surface area contributed by atoms with Crippen molar-refractivity contribution in [3.8, 4) is 0 Å². The van der Waals surface area contributed by atoms with Gasteiger partial charge in [0.05, 0.1) is 0 Å². The van der Waals surface area contributed by atoms with E-state index in [9.17, 15) is 9.59 Å². The van der Waals surface area contributed by atoms with Gasteiger partial charge in [0.2, 0.25) is 5.91 Å². The summed E-state index contributed by atoms with van der Waals surface area (Å²) in [7, 11) is 0. The van der Waals surface area contributed by atoms with Crippen molar-refractivity contribution in [1.82, 2.24) is 5.43 Å². The van der Waals surface area contributed by atoms with Crippen LogP contribution >= 0.6 is 0 Å². The molecule has 3 rings (SSSR count). The molecule has 2 N–H and O–H groups in total. The number of nitrogens with zero attached hydrogens (tertiary/aromatic N) is 1. The van der Waals surface area contributed by atoms with Crippen molar-refractivity contribution in [3.05, 3.63) is 42.0 Å². The van der Waals surface area contributed by atoms with Gasteiger partial charge in [-0.15, -0.1) is 0 Å². The van der Waals surface area contributed by atoms with Crippen LogP contribution in [0.4, 0.5) is 5.69 Å². The summed E-state index contributed by atoms with van der Waals surface area (Å²) in [6.07, 6.45) is 8.75. The number of hydrogen-bond acceptors (Lipinski definition) is 3. The molecular formula is C20H25N3O2. The fraction of sp³-hybridized carbons (Fsp3) is 0.450. The van der Waals surface area contributed by atoms with Crippen LogP contribution in [0.1, 0.15) is 44.0 Å². The maximum absolute atomic E-state index is 12.1. The van der Waals surface area contributed by atoms with Gasteiger partial charge in [-0.25, -0.2) is 5.43 Å². The minimum atomic E-state index is -0.459. The molecule has 2 bridgehead atoms. The molecule has 3 atom stereocenters. The van der Waals surface area contributed by atoms with Gasteiger partial charge in [-0.2, -0.15) is 5.10 Å². The fourth-order valence-electron chi connectivity index (χ4n) is 3.27. The summed E-state index contributed by atoms with van der Waals surface area (Å²) >= 11 is 0. The van der Waals surface area contributed by atoms with E-state index in [1.807, 2.05) is 27.0 Å². The molecule has 0 aromatic heterocycles. The number of nitrogens with one attached hydrogen (secondary N) is 2. The molecule has 0 radical (unpaired) electrons. The summed E-state index contributed by atoms with van der Waals surface area (Å²) in [4.78, 5) is 24.1. The van der Waals surface area contributed by atoms with Gasteiger partial charge >= 0.3 is 0 Å². The molecule has 0 saturated heterocycles. The van der Waals surface area contributed by atoms with E-state index in [0.29, 0.717) is 29.0 Å². The van der Waals surface area contributed by atoms with Crippen molar-refractivity contribution in [3.63, 3.8) is 0 Å². The minimum Gasteiger partial charge on any atom is -0.326 e. The van der Waals surface area contributed by atoms with Gasteiger partial charge in [0, 0.05) is 28.8 Å². The Morgan fingerprint density at radius 1 is 1.12 bits per heavy atom. The van der Waals surface area contributed by atoms with Crippen LogP contribution in [0.5, 0.6) is 0 Å². The number of hydrogen-bond donors (Lipinski definition) is 2. The van der Waals surface area contributed by atoms with Crippen molar-refractivity contribution in [2.45, 2.75) is 33.6 Å². The van der Waals surface area contributed by atoms with Crippen molar-refractivity contribution in [2.24, 2.45) is 28.3 Å². The number of carbonyl (C=O) groups is 2. The lowest BCUT2D eigenvalue weighted by Crippen LogP contribution is -2.27. The van der Waals surface area contributed by atoms with Crippen molar-refractivity contribution >= 4 is 23.7 Å². The van der Waals surface area contributed by atoms with E-state index >= 15 is 0 Å². The quantitative estimate of drug-likeness (QED) is 0.500. The molecular weight excluding hydrogens is 314 g/mol. The molecule has 2 amide bonds. The maximum atomic E-state index is 12.1. The normalized spacial score (nSPS) is 24.7. The van der Waals surface area contributed by atoms with Gasteiger partial charge in [-0.1, -0.05) is 32.9 Å². The largest absolute Gasteiger partial charge is 0.326 e. The molecule has 1 fully saturated rings. The van der Waals surface area contributed by atoms with Crippen LogP contribution in [0.2, 0.25) is 0 Å². The Morgan fingerprint density at radius 2 is 1.84 bits per heavy atom. The van der Waals surface area contributed by atoms with E-state index in [-0.39, 0.29) is 11.8 Å². The highest BCUT2D eigenvalue weighted by molar-refractivity contribution is 5.97. The molecule has 1 aromatic rings. The average Bonchev–Trinajstić information content (AvgIpc) is 3.17. The van der Waals surface area contributed by atoms with E-state index in [4.69, 9.17) is 0 Å². The zero-order chi connectivity index (χ0) is 18.0. The first kappa shape index (κ1) is 17.4. The van der Waals surface area contributed by atoms with E-state index in [0.717, 1.165) is 6.42 Å². The van der Waals surface area contributed by atoms with Gasteiger partial charge in [-0.3, -0.25) is 9.59 Å². The Bertz CT molecular complexity index is 713. The smallest absolute Gasteiger partial charge is 0.271 e. The standard InChI is InChI=1S/C20H25N3O2/c1-20(2,3)19(25)22-17-8-6-14(7-9-17)18(24)23-21-12-16-11-13-4-5-15(16)10-13/h4-9,12-13,15-16H,10-11H2,1-3H3,(H,22,25)(H,23,24)/t13-,15-,16-/m0/s1. The Kier molecular flexibility index (Phi) is 4.75. The molecule has 2 aliphatic rings. The Hall–Kier alpha value is -2.43. The number of anilines is 1. The van der Waals surface area contributed by atoms with Crippen LogP contribution in [-0.2, 0) is 4.79 Å². The summed E-state index contributed by atoms with van der Waals surface area (Å²) < 4.78 is 0. The number of fused-ring (bicyclic) bond motifs is 2. The second-order valence-electron chi connectivity index (χ2n) is 7.94. The Balaban J connectivity index is 1.52. The highest BCUT2D eigenvalue weighted by Gasteiger charge is 2.34. The lowest BCUT2D eigenvalue weighted by Gasteiger charge is -2.17. The monoisotopic (exact) mass is 339 g/mol. The minimum absolute atomic E-state index is 0.0609. The lowest BCUT2D eigenvalue weighted by molar-refractivity contribution is -0.123. The fourth-order valence-corrected chi connectivity index (χ4v) is 3.27. The molecule has 1 aromatic carbocycles. The number of benzene rings is 1. The first-order chi connectivity index (χ1) is 11.8. The molecule has 0 unspecified atom stereocenters. The summed E-state index contributed by atoms with van der Waals surface area (Å²) in [6.45, 7) is 5.57. The first-order valence-electron chi connectivity index (χ1n) is 8.76. The molecule has 1 saturated carbocycles. The van der Waals surface area contributed by atoms with Crippen molar-refractivity contribution in [1.29, 1.82) is 0 Å². The van der Waals surface area contributed by atoms with Crippen LogP contribution in [0.3, 0.4) is 0 Å². The van der Waals surface area contributed by atoms with Gasteiger partial charge in [0.15, 0.2) is 0 Å². The summed E-state index contributed by atoms with van der Waals surface area (Å²) in [6, 6.07) is 6.82. The van der Waals surface area contributed by atoms with Gasteiger partial charge < -0.3 is 5.32 Å². The highest BCUT2D eigenvalue weighted by atomic mass is 16.2. The molecule has 132 valence electrons. The summed E-state index contributed by atoms with van der Waals surface area (Å²) in [5, 5.41) is 6.96. The number of rotatable bonds is 4. The van der Waals surface area contributed by atoms with Gasteiger partial charge in [-0.05, 0) is 48.9 Å². The second-order valence-corrected chi connectivity index (χ2v) is 7.94. The number of allylic oxidation sites excluding steroid dienone is 2. The summed E-state index contributed by atoms with van der Waals surface area (Å²) in [5.74, 6) is 1.40. The molecule has 25 heavy (non-hydrogen) atoms. The van der Waals surface area contributed by atoms with E-state index in [1.165, 1.54) is 6.42 Å². The number of hydrazone groups is 1. The van der Waals surface area contributed by atoms with Crippen molar-refractivity contribution < 1.29 is 9.59 Å². The maximum Gasteiger partial charge on any atom is 0.271 e. The predicted molar refractivity (Wildman–Crippen MR) is 99.3 cm³/mol. The van der Waals surface area contributed by atoms with E-state index in [1.54, 1.807) is 24.3 Å². The number of carbonyl (C=O) groups excluding carboxylic acids is 2. The zero-order valence-corrected chi connectivity index (χ0v) is 15.0. The first-order valence-corrected chi connectivity index (χ1v) is 8.76. The molecule has 2 aliphatic carbocycles. The average molecular weight is 339 g/mol. The van der Waals surface area contributed by atoms with E-state index < -0.39 is 5.41 Å². The third-order valence-electron chi connectivity index (χ3n) is 4.85. The van der Waals surface area contributed by atoms with Gasteiger partial charge in [0.25, 0.3) is 5.91 Å². The van der Waals surface area contributed by atoms with Crippen molar-refractivity contribution in [2.75, 3.05) is 5.32 Å². The molecule has 0 heterocycles. The highest BCUT2D eigenvalue weighted by Crippen LogP contribution is 2.42. The summed E-state index contributed by atoms with van der Waals surface area (Å²) in [5.41, 5.74) is 3.32. The Morgan fingerprint density at radius 3 is 2.40 bits per heavy atom. The number of amides is 2. The van der Waals surface area contributed by atoms with Crippen LogP contribution in [0.25, 0.3) is 0 Å². The van der Waals surface area contributed by atoms with Gasteiger partial charge in [0.1, 0.15) is 0 Å². The van der Waals surface area contributed by atoms with Crippen LogP contribution in [-0.4, -0.2) is 18.0 Å². The van der Waals surface area contributed by atoms with Crippen LogP contribution < -0.4 is 10.7 Å². The molecule has 0 aliphatic heterocycles. The third-order valence-corrected chi connectivity index (χ3v) is 4.85. The predicted octanol–water partition coefficient (Wildman–Crippen LogP) is 3.60. The SMILES string of the molecule is CC(C)(C)C(=O)Nc1ccc(C(=O)NN=C[C@@H]2C[C@H]3C=C[C@H]2C3)cc1. The molecule has 0 spiro atoms. The Labute approximate surface area is 148 Å². The van der Waals surface area contributed by atoms with Crippen LogP contribution in [0, 0.1) is 23.2 Å². The molecule has 5 nitrogen and oxygen atoms in total. The van der Waals surface area contributed by atoms with Crippen LogP contribution in [0.15, 0.2) is 41.5 Å². The topological polar surface area (TPSA) is 70.6 Å². The zero-order valence-electron chi connectivity index (χ0n) is 15.0. The molecule has 5 heteroatoms.